The van der Waals surface area contributed by atoms with E-state index in [-0.39, 0.29) is 17.9 Å². The van der Waals surface area contributed by atoms with Crippen LogP contribution in [0.15, 0.2) is 0 Å². The molecule has 1 unspecified atom stereocenters. The monoisotopic (exact) mass is 242 g/mol. The van der Waals surface area contributed by atoms with Gasteiger partial charge in [-0.25, -0.2) is 0 Å². The molecule has 0 aromatic heterocycles. The average Bonchev–Trinajstić information content (AvgIpc) is 2.27. The number of unbranched alkanes of at least 4 members (excludes halogenated alkanes) is 1. The number of carbonyl (C=O) groups excluding carboxylic acids is 2. The summed E-state index contributed by atoms with van der Waals surface area (Å²) in [6.07, 6.45) is 2.74. The van der Waals surface area contributed by atoms with Gasteiger partial charge in [-0.2, -0.15) is 0 Å². The van der Waals surface area contributed by atoms with Gasteiger partial charge < -0.3 is 10.6 Å². The molecule has 0 radical (unpaired) electrons. The van der Waals surface area contributed by atoms with Crippen molar-refractivity contribution in [2.75, 3.05) is 6.54 Å². The van der Waals surface area contributed by atoms with Crippen LogP contribution >= 0.6 is 0 Å². The van der Waals surface area contributed by atoms with Crippen LogP contribution in [0.5, 0.6) is 0 Å². The van der Waals surface area contributed by atoms with Gasteiger partial charge in [-0.05, 0) is 25.7 Å². The highest BCUT2D eigenvalue weighted by Gasteiger charge is 2.09. The summed E-state index contributed by atoms with van der Waals surface area (Å²) in [5.74, 6) is 0.638. The van der Waals surface area contributed by atoms with Crippen molar-refractivity contribution in [1.29, 1.82) is 0 Å². The first-order valence-corrected chi connectivity index (χ1v) is 6.53. The predicted molar refractivity (Wildman–Crippen MR) is 69.6 cm³/mol. The molecule has 1 atom stereocenters. The maximum absolute atomic E-state index is 11.5. The minimum atomic E-state index is 0.0721. The van der Waals surface area contributed by atoms with Crippen LogP contribution in [0.1, 0.15) is 53.4 Å². The van der Waals surface area contributed by atoms with E-state index in [9.17, 15) is 9.59 Å². The summed E-state index contributed by atoms with van der Waals surface area (Å²) in [6, 6.07) is 0.224. The topological polar surface area (TPSA) is 58.2 Å². The van der Waals surface area contributed by atoms with Crippen molar-refractivity contribution in [2.45, 2.75) is 59.4 Å². The molecule has 17 heavy (non-hydrogen) atoms. The van der Waals surface area contributed by atoms with E-state index in [2.05, 4.69) is 24.5 Å². The largest absolute Gasteiger partial charge is 0.356 e. The lowest BCUT2D eigenvalue weighted by molar-refractivity contribution is -0.122. The van der Waals surface area contributed by atoms with Gasteiger partial charge in [-0.3, -0.25) is 9.59 Å². The van der Waals surface area contributed by atoms with E-state index in [4.69, 9.17) is 0 Å². The second-order valence-corrected chi connectivity index (χ2v) is 4.76. The quantitative estimate of drug-likeness (QED) is 0.638. The van der Waals surface area contributed by atoms with Gasteiger partial charge in [0.15, 0.2) is 0 Å². The van der Waals surface area contributed by atoms with Gasteiger partial charge in [0.2, 0.25) is 11.8 Å². The van der Waals surface area contributed by atoms with Crippen LogP contribution in [0.25, 0.3) is 0 Å². The SMILES string of the molecule is CCC(=O)NCCCCC(=O)NC(C)C(C)C. The molecule has 0 saturated heterocycles. The molecule has 0 aliphatic carbocycles. The minimum Gasteiger partial charge on any atom is -0.356 e. The van der Waals surface area contributed by atoms with E-state index >= 15 is 0 Å². The van der Waals surface area contributed by atoms with Crippen molar-refractivity contribution in [3.63, 3.8) is 0 Å². The Labute approximate surface area is 105 Å². The van der Waals surface area contributed by atoms with Crippen LogP contribution in [0.2, 0.25) is 0 Å². The third kappa shape index (κ3) is 8.72. The van der Waals surface area contributed by atoms with Crippen LogP contribution in [-0.2, 0) is 9.59 Å². The molecule has 0 heterocycles. The molecule has 0 bridgehead atoms. The van der Waals surface area contributed by atoms with E-state index in [0.717, 1.165) is 12.8 Å². The molecule has 0 aliphatic heterocycles. The first-order chi connectivity index (χ1) is 7.97. The van der Waals surface area contributed by atoms with Crippen molar-refractivity contribution in [3.05, 3.63) is 0 Å². The summed E-state index contributed by atoms with van der Waals surface area (Å²) in [5, 5.41) is 5.76. The highest BCUT2D eigenvalue weighted by molar-refractivity contribution is 5.76. The maximum Gasteiger partial charge on any atom is 0.220 e. The molecule has 4 nitrogen and oxygen atoms in total. The standard InChI is InChI=1S/C13H26N2O2/c1-5-12(16)14-9-7-6-8-13(17)15-11(4)10(2)3/h10-11H,5-9H2,1-4H3,(H,14,16)(H,15,17). The molecule has 0 rings (SSSR count). The first kappa shape index (κ1) is 15.9. The molecule has 2 N–H and O–H groups in total. The zero-order valence-electron chi connectivity index (χ0n) is 11.5. The predicted octanol–water partition coefficient (Wildman–Crippen LogP) is 1.84. The number of hydrogen-bond acceptors (Lipinski definition) is 2. The number of amides is 2. The van der Waals surface area contributed by atoms with Crippen molar-refractivity contribution in [3.8, 4) is 0 Å². The minimum absolute atomic E-state index is 0.0721. The Morgan fingerprint density at radius 2 is 1.71 bits per heavy atom. The molecule has 0 saturated carbocycles. The molecule has 0 aromatic rings. The van der Waals surface area contributed by atoms with E-state index in [1.165, 1.54) is 0 Å². The second-order valence-electron chi connectivity index (χ2n) is 4.76. The Morgan fingerprint density at radius 3 is 2.24 bits per heavy atom. The van der Waals surface area contributed by atoms with E-state index < -0.39 is 0 Å². The third-order valence-electron chi connectivity index (χ3n) is 2.86. The van der Waals surface area contributed by atoms with Crippen molar-refractivity contribution in [1.82, 2.24) is 10.6 Å². The smallest absolute Gasteiger partial charge is 0.220 e. The fourth-order valence-electron chi connectivity index (χ4n) is 1.26. The molecule has 100 valence electrons. The molecule has 0 spiro atoms. The number of nitrogens with one attached hydrogen (secondary N) is 2. The number of rotatable bonds is 8. The lowest BCUT2D eigenvalue weighted by Gasteiger charge is -2.17. The summed E-state index contributed by atoms with van der Waals surface area (Å²) in [7, 11) is 0. The highest BCUT2D eigenvalue weighted by Crippen LogP contribution is 2.01. The zero-order chi connectivity index (χ0) is 13.3. The van der Waals surface area contributed by atoms with E-state index in [0.29, 0.717) is 25.3 Å². The second kappa shape index (κ2) is 9.02. The summed E-state index contributed by atoms with van der Waals surface area (Å²) < 4.78 is 0. The van der Waals surface area contributed by atoms with Crippen molar-refractivity contribution in [2.24, 2.45) is 5.92 Å². The molecule has 0 fully saturated rings. The maximum atomic E-state index is 11.5. The van der Waals surface area contributed by atoms with Crippen LogP contribution in [-0.4, -0.2) is 24.4 Å². The normalized spacial score (nSPS) is 12.3. The highest BCUT2D eigenvalue weighted by atomic mass is 16.2. The summed E-state index contributed by atoms with van der Waals surface area (Å²) in [4.78, 5) is 22.5. The Kier molecular flexibility index (Phi) is 8.46. The first-order valence-electron chi connectivity index (χ1n) is 6.53. The molecular weight excluding hydrogens is 216 g/mol. The number of hydrogen-bond donors (Lipinski definition) is 2. The van der Waals surface area contributed by atoms with Crippen LogP contribution < -0.4 is 10.6 Å². The summed E-state index contributed by atoms with van der Waals surface area (Å²) in [6.45, 7) is 8.69. The van der Waals surface area contributed by atoms with Gasteiger partial charge in [-0.15, -0.1) is 0 Å². The molecule has 2 amide bonds. The average molecular weight is 242 g/mol. The van der Waals surface area contributed by atoms with Gasteiger partial charge in [-0.1, -0.05) is 20.8 Å². The van der Waals surface area contributed by atoms with Crippen LogP contribution in [0, 0.1) is 5.92 Å². The summed E-state index contributed by atoms with van der Waals surface area (Å²) >= 11 is 0. The third-order valence-corrected chi connectivity index (χ3v) is 2.86. The van der Waals surface area contributed by atoms with Gasteiger partial charge in [0.25, 0.3) is 0 Å². The Hall–Kier alpha value is -1.06. The van der Waals surface area contributed by atoms with E-state index in [1.807, 2.05) is 13.8 Å². The fraction of sp³-hybridized carbons (Fsp3) is 0.846. The van der Waals surface area contributed by atoms with Crippen LogP contribution in [0.4, 0.5) is 0 Å². The van der Waals surface area contributed by atoms with Gasteiger partial charge in [0.1, 0.15) is 0 Å². The van der Waals surface area contributed by atoms with Crippen molar-refractivity contribution >= 4 is 11.8 Å². The van der Waals surface area contributed by atoms with Gasteiger partial charge in [0.05, 0.1) is 0 Å². The Morgan fingerprint density at radius 1 is 1.06 bits per heavy atom. The van der Waals surface area contributed by atoms with Crippen LogP contribution in [0.3, 0.4) is 0 Å². The summed E-state index contributed by atoms with van der Waals surface area (Å²) in [5.41, 5.74) is 0. The molecule has 0 aromatic carbocycles. The van der Waals surface area contributed by atoms with Gasteiger partial charge >= 0.3 is 0 Å². The van der Waals surface area contributed by atoms with E-state index in [1.54, 1.807) is 0 Å². The Balaban J connectivity index is 3.49. The molecule has 0 aliphatic rings. The number of carbonyl (C=O) groups is 2. The lowest BCUT2D eigenvalue weighted by Crippen LogP contribution is -2.36. The van der Waals surface area contributed by atoms with Crippen molar-refractivity contribution < 1.29 is 9.59 Å². The zero-order valence-corrected chi connectivity index (χ0v) is 11.5. The molecular formula is C13H26N2O2. The lowest BCUT2D eigenvalue weighted by atomic mass is 10.1. The van der Waals surface area contributed by atoms with Gasteiger partial charge in [0, 0.05) is 25.4 Å². The fourth-order valence-corrected chi connectivity index (χ4v) is 1.26. The Bertz CT molecular complexity index is 240. The molecule has 4 heteroatoms.